The number of halogens is 1. The molecule has 1 N–H and O–H groups in total. The summed E-state index contributed by atoms with van der Waals surface area (Å²) in [6.07, 6.45) is 3.58. The Morgan fingerprint density at radius 2 is 1.67 bits per heavy atom. The van der Waals surface area contributed by atoms with Crippen LogP contribution in [-0.2, 0) is 9.47 Å². The SMILES string of the molecule is COC(=O)c1ccc([C@@H]2Nc3c(Cl)ccc(C(=O)OC)c3[C@@H]3[C@H]4CC[C@@H](C4)[C@H]32)cc1. The zero-order chi connectivity index (χ0) is 21.0. The van der Waals surface area contributed by atoms with Crippen molar-refractivity contribution < 1.29 is 19.1 Å². The third kappa shape index (κ3) is 2.83. The van der Waals surface area contributed by atoms with Crippen LogP contribution in [0, 0.1) is 17.8 Å². The van der Waals surface area contributed by atoms with Crippen LogP contribution in [-0.4, -0.2) is 26.2 Å². The molecule has 2 aromatic rings. The van der Waals surface area contributed by atoms with E-state index in [0.717, 1.165) is 16.8 Å². The number of nitrogens with one attached hydrogen (secondary N) is 1. The second-order valence-corrected chi connectivity index (χ2v) is 8.95. The van der Waals surface area contributed by atoms with E-state index < -0.39 is 0 Å². The van der Waals surface area contributed by atoms with Crippen LogP contribution >= 0.6 is 11.6 Å². The smallest absolute Gasteiger partial charge is 0.338 e. The van der Waals surface area contributed by atoms with Gasteiger partial charge in [0.2, 0.25) is 0 Å². The van der Waals surface area contributed by atoms with Gasteiger partial charge in [-0.15, -0.1) is 0 Å². The number of esters is 2. The topological polar surface area (TPSA) is 64.6 Å². The lowest BCUT2D eigenvalue weighted by Crippen LogP contribution is -2.36. The van der Waals surface area contributed by atoms with Crippen LogP contribution in [0.4, 0.5) is 5.69 Å². The molecule has 2 fully saturated rings. The van der Waals surface area contributed by atoms with Gasteiger partial charge < -0.3 is 14.8 Å². The summed E-state index contributed by atoms with van der Waals surface area (Å²) >= 11 is 6.62. The van der Waals surface area contributed by atoms with E-state index in [9.17, 15) is 9.59 Å². The molecular weight excluding hydrogens is 402 g/mol. The summed E-state index contributed by atoms with van der Waals surface area (Å²) in [5.74, 6) is 1.16. The zero-order valence-electron chi connectivity index (χ0n) is 17.0. The molecule has 6 heteroatoms. The second kappa shape index (κ2) is 7.31. The van der Waals surface area contributed by atoms with Crippen LogP contribution in [0.25, 0.3) is 0 Å². The van der Waals surface area contributed by atoms with Gasteiger partial charge in [0.1, 0.15) is 0 Å². The minimum absolute atomic E-state index is 0.0786. The standard InChI is InChI=1S/C24H24ClNO4/c1-29-23(27)13-5-3-12(4-6-13)21-19-15-8-7-14(11-15)18(19)20-16(24(28)30-2)9-10-17(25)22(20)26-21/h3-6,9-10,14-15,18-19,21,26H,7-8,11H2,1-2H3/t14-,15-,18+,19+,21-/m0/s1. The Balaban J connectivity index is 1.62. The number of hydrogen-bond donors (Lipinski definition) is 1. The molecular formula is C24H24ClNO4. The number of ether oxygens (including phenoxy) is 2. The first-order valence-electron chi connectivity index (χ1n) is 10.4. The van der Waals surface area contributed by atoms with Gasteiger partial charge in [0.05, 0.1) is 42.1 Å². The van der Waals surface area contributed by atoms with Crippen molar-refractivity contribution in [2.75, 3.05) is 19.5 Å². The number of carbonyl (C=O) groups excluding carboxylic acids is 2. The van der Waals surface area contributed by atoms with Gasteiger partial charge in [0.25, 0.3) is 0 Å². The maximum atomic E-state index is 12.5. The lowest BCUT2D eigenvalue weighted by molar-refractivity contribution is 0.0590. The molecule has 0 saturated heterocycles. The lowest BCUT2D eigenvalue weighted by Gasteiger charge is -2.44. The molecule has 5 atom stereocenters. The number of benzene rings is 2. The van der Waals surface area contributed by atoms with E-state index in [-0.39, 0.29) is 23.9 Å². The van der Waals surface area contributed by atoms with Crippen LogP contribution in [0.15, 0.2) is 36.4 Å². The molecule has 1 heterocycles. The van der Waals surface area contributed by atoms with Crippen molar-refractivity contribution >= 4 is 29.2 Å². The fourth-order valence-corrected chi connectivity index (χ4v) is 6.34. The highest BCUT2D eigenvalue weighted by molar-refractivity contribution is 6.33. The molecule has 0 aromatic heterocycles. The summed E-state index contributed by atoms with van der Waals surface area (Å²) in [6.45, 7) is 0. The van der Waals surface area contributed by atoms with Gasteiger partial charge in [-0.25, -0.2) is 9.59 Å². The quantitative estimate of drug-likeness (QED) is 0.684. The Morgan fingerprint density at radius 1 is 0.967 bits per heavy atom. The van der Waals surface area contributed by atoms with Gasteiger partial charge in [0.15, 0.2) is 0 Å². The maximum absolute atomic E-state index is 12.5. The van der Waals surface area contributed by atoms with Crippen molar-refractivity contribution in [3.05, 3.63) is 63.7 Å². The Kier molecular flexibility index (Phi) is 4.73. The summed E-state index contributed by atoms with van der Waals surface area (Å²) in [7, 11) is 2.81. The average molecular weight is 426 g/mol. The highest BCUT2D eigenvalue weighted by Gasteiger charge is 2.55. The lowest BCUT2D eigenvalue weighted by atomic mass is 9.67. The summed E-state index contributed by atoms with van der Waals surface area (Å²) in [5.41, 5.74) is 4.14. The van der Waals surface area contributed by atoms with Gasteiger partial charge >= 0.3 is 11.9 Å². The first-order chi connectivity index (χ1) is 14.5. The first kappa shape index (κ1) is 19.4. The zero-order valence-corrected chi connectivity index (χ0v) is 17.7. The normalized spacial score (nSPS) is 28.3. The molecule has 0 spiro atoms. The second-order valence-electron chi connectivity index (χ2n) is 8.55. The van der Waals surface area contributed by atoms with Gasteiger partial charge in [-0.05, 0) is 78.3 Å². The van der Waals surface area contributed by atoms with E-state index in [1.807, 2.05) is 24.3 Å². The first-order valence-corrected chi connectivity index (χ1v) is 10.8. The van der Waals surface area contributed by atoms with E-state index in [2.05, 4.69) is 5.32 Å². The molecule has 30 heavy (non-hydrogen) atoms. The van der Waals surface area contributed by atoms with Crippen molar-refractivity contribution in [3.63, 3.8) is 0 Å². The van der Waals surface area contributed by atoms with E-state index in [0.29, 0.717) is 33.9 Å². The Bertz CT molecular complexity index is 1020. The Labute approximate surface area is 180 Å². The third-order valence-electron chi connectivity index (χ3n) is 7.29. The average Bonchev–Trinajstić information content (AvgIpc) is 3.41. The Morgan fingerprint density at radius 3 is 2.37 bits per heavy atom. The van der Waals surface area contributed by atoms with Crippen LogP contribution in [0.5, 0.6) is 0 Å². The van der Waals surface area contributed by atoms with Crippen LogP contribution < -0.4 is 5.32 Å². The van der Waals surface area contributed by atoms with E-state index in [4.69, 9.17) is 21.1 Å². The van der Waals surface area contributed by atoms with Crippen molar-refractivity contribution in [1.29, 1.82) is 0 Å². The highest BCUT2D eigenvalue weighted by atomic mass is 35.5. The third-order valence-corrected chi connectivity index (χ3v) is 7.60. The van der Waals surface area contributed by atoms with Crippen molar-refractivity contribution in [1.82, 2.24) is 0 Å². The fourth-order valence-electron chi connectivity index (χ4n) is 6.12. The van der Waals surface area contributed by atoms with Crippen LogP contribution in [0.2, 0.25) is 5.02 Å². The van der Waals surface area contributed by atoms with Crippen molar-refractivity contribution in [2.45, 2.75) is 31.2 Å². The number of hydrogen-bond acceptors (Lipinski definition) is 5. The molecule has 2 saturated carbocycles. The van der Waals surface area contributed by atoms with E-state index in [1.54, 1.807) is 12.1 Å². The predicted octanol–water partition coefficient (Wildman–Crippen LogP) is 5.21. The molecule has 2 aromatic carbocycles. The van der Waals surface area contributed by atoms with Crippen LogP contribution in [0.3, 0.4) is 0 Å². The monoisotopic (exact) mass is 425 g/mol. The molecule has 0 amide bonds. The molecule has 3 aliphatic rings. The molecule has 156 valence electrons. The molecule has 5 nitrogen and oxygen atoms in total. The minimum Gasteiger partial charge on any atom is -0.465 e. The van der Waals surface area contributed by atoms with Gasteiger partial charge in [-0.2, -0.15) is 0 Å². The van der Waals surface area contributed by atoms with E-state index >= 15 is 0 Å². The molecule has 0 radical (unpaired) electrons. The summed E-state index contributed by atoms with van der Waals surface area (Å²) < 4.78 is 9.90. The molecule has 0 unspecified atom stereocenters. The van der Waals surface area contributed by atoms with Crippen molar-refractivity contribution in [3.8, 4) is 0 Å². The number of methoxy groups -OCH3 is 2. The minimum atomic E-state index is -0.341. The van der Waals surface area contributed by atoms with Gasteiger partial charge in [-0.3, -0.25) is 0 Å². The Hall–Kier alpha value is -2.53. The number of fused-ring (bicyclic) bond motifs is 7. The summed E-state index contributed by atoms with van der Waals surface area (Å²) in [6, 6.07) is 11.3. The summed E-state index contributed by atoms with van der Waals surface area (Å²) in [5, 5.41) is 4.28. The predicted molar refractivity (Wildman–Crippen MR) is 114 cm³/mol. The number of carbonyl (C=O) groups is 2. The molecule has 1 aliphatic heterocycles. The molecule has 5 rings (SSSR count). The number of anilines is 1. The molecule has 2 aliphatic carbocycles. The van der Waals surface area contributed by atoms with E-state index in [1.165, 1.54) is 33.5 Å². The van der Waals surface area contributed by atoms with Crippen molar-refractivity contribution in [2.24, 2.45) is 17.8 Å². The van der Waals surface area contributed by atoms with Gasteiger partial charge in [-0.1, -0.05) is 23.7 Å². The number of rotatable bonds is 3. The summed E-state index contributed by atoms with van der Waals surface area (Å²) in [4.78, 5) is 24.4. The fraction of sp³-hybridized carbons (Fsp3) is 0.417. The maximum Gasteiger partial charge on any atom is 0.338 e. The largest absolute Gasteiger partial charge is 0.465 e. The van der Waals surface area contributed by atoms with Gasteiger partial charge in [0, 0.05) is 0 Å². The highest BCUT2D eigenvalue weighted by Crippen LogP contribution is 2.64. The van der Waals surface area contributed by atoms with Crippen LogP contribution in [0.1, 0.15) is 63.1 Å². The molecule has 2 bridgehead atoms.